The van der Waals surface area contributed by atoms with E-state index < -0.39 is 0 Å². The van der Waals surface area contributed by atoms with Crippen molar-refractivity contribution in [1.29, 1.82) is 0 Å². The number of carbonyl (C=O) groups is 1. The second-order valence-electron chi connectivity index (χ2n) is 4.18. The van der Waals surface area contributed by atoms with E-state index >= 15 is 0 Å². The first-order chi connectivity index (χ1) is 8.49. The van der Waals surface area contributed by atoms with Crippen molar-refractivity contribution >= 4 is 39.0 Å². The Morgan fingerprint density at radius 1 is 1.33 bits per heavy atom. The number of allylic oxidation sites excluding steroid dienone is 1. The molecule has 0 fully saturated rings. The van der Waals surface area contributed by atoms with Crippen LogP contribution in [0.4, 0.5) is 0 Å². The third-order valence-corrected chi connectivity index (χ3v) is 3.60. The maximum absolute atomic E-state index is 11.8. The van der Waals surface area contributed by atoms with E-state index in [9.17, 15) is 4.79 Å². The second kappa shape index (κ2) is 5.20. The lowest BCUT2D eigenvalue weighted by molar-refractivity contribution is -0.114. The van der Waals surface area contributed by atoms with Crippen molar-refractivity contribution < 1.29 is 4.79 Å². The van der Waals surface area contributed by atoms with Crippen LogP contribution in [0, 0.1) is 0 Å². The van der Waals surface area contributed by atoms with Gasteiger partial charge in [0.2, 0.25) is 0 Å². The zero-order valence-electron chi connectivity index (χ0n) is 10.1. The Hall–Kier alpha value is -1.20. The predicted octanol–water partition coefficient (Wildman–Crippen LogP) is 2.83. The van der Waals surface area contributed by atoms with E-state index in [4.69, 9.17) is 12.2 Å². The number of nitrogens with one attached hydrogen (secondary N) is 2. The van der Waals surface area contributed by atoms with Gasteiger partial charge in [-0.25, -0.2) is 0 Å². The molecule has 0 aromatic heterocycles. The molecule has 2 rings (SSSR count). The van der Waals surface area contributed by atoms with Crippen LogP contribution in [0.25, 0.3) is 0 Å². The summed E-state index contributed by atoms with van der Waals surface area (Å²) in [6.07, 6.45) is 0. The number of benzene rings is 1. The van der Waals surface area contributed by atoms with E-state index in [0.29, 0.717) is 5.11 Å². The second-order valence-corrected chi connectivity index (χ2v) is 5.50. The Balaban J connectivity index is 2.46. The Labute approximate surface area is 120 Å². The van der Waals surface area contributed by atoms with Gasteiger partial charge < -0.3 is 10.6 Å². The summed E-state index contributed by atoms with van der Waals surface area (Å²) in [7, 11) is 0. The highest BCUT2D eigenvalue weighted by atomic mass is 79.9. The van der Waals surface area contributed by atoms with Crippen LogP contribution < -0.4 is 10.6 Å². The lowest BCUT2D eigenvalue weighted by Gasteiger charge is -2.29. The maximum Gasteiger partial charge on any atom is 0.171 e. The largest absolute Gasteiger partial charge is 0.351 e. The lowest BCUT2D eigenvalue weighted by Crippen LogP contribution is -2.44. The van der Waals surface area contributed by atoms with Crippen molar-refractivity contribution in [2.45, 2.75) is 19.9 Å². The summed E-state index contributed by atoms with van der Waals surface area (Å²) < 4.78 is 1.01. The molecule has 0 saturated heterocycles. The van der Waals surface area contributed by atoms with Gasteiger partial charge in [0, 0.05) is 15.7 Å². The zero-order chi connectivity index (χ0) is 13.3. The molecule has 1 heterocycles. The van der Waals surface area contributed by atoms with Crippen LogP contribution in [0.5, 0.6) is 0 Å². The van der Waals surface area contributed by atoms with Crippen molar-refractivity contribution in [2.24, 2.45) is 0 Å². The number of rotatable bonds is 2. The van der Waals surface area contributed by atoms with Gasteiger partial charge in [-0.15, -0.1) is 0 Å². The average Bonchev–Trinajstić information content (AvgIpc) is 2.28. The van der Waals surface area contributed by atoms with Gasteiger partial charge in [-0.1, -0.05) is 28.1 Å². The van der Waals surface area contributed by atoms with E-state index in [1.165, 1.54) is 0 Å². The Bertz CT molecular complexity index is 536. The smallest absolute Gasteiger partial charge is 0.171 e. The summed E-state index contributed by atoms with van der Waals surface area (Å²) in [5, 5.41) is 6.68. The molecule has 0 saturated carbocycles. The molecule has 0 aliphatic carbocycles. The number of halogens is 1. The molecule has 0 unspecified atom stereocenters. The first-order valence-corrected chi connectivity index (χ1v) is 6.74. The van der Waals surface area contributed by atoms with Crippen LogP contribution >= 0.6 is 28.1 Å². The van der Waals surface area contributed by atoms with E-state index in [1.54, 1.807) is 6.92 Å². The van der Waals surface area contributed by atoms with Gasteiger partial charge >= 0.3 is 0 Å². The number of carbonyl (C=O) groups excluding carboxylic acids is 1. The molecule has 0 radical (unpaired) electrons. The Kier molecular flexibility index (Phi) is 3.82. The zero-order valence-corrected chi connectivity index (χ0v) is 12.5. The van der Waals surface area contributed by atoms with Crippen LogP contribution in [-0.2, 0) is 4.79 Å². The molecule has 1 aliphatic rings. The first kappa shape index (κ1) is 13.2. The standard InChI is InChI=1S/C13H13BrN2OS/c1-7-11(8(2)17)12(16-13(18)15-7)9-3-5-10(14)6-4-9/h3-6,12H,1-2H3,(H2,15,16,18)/t12-/m0/s1. The number of ketones is 1. The molecule has 0 bridgehead atoms. The molecule has 1 aromatic carbocycles. The van der Waals surface area contributed by atoms with E-state index in [2.05, 4.69) is 26.6 Å². The third-order valence-electron chi connectivity index (χ3n) is 2.85. The normalized spacial score (nSPS) is 19.3. The topological polar surface area (TPSA) is 41.1 Å². The summed E-state index contributed by atoms with van der Waals surface area (Å²) in [6, 6.07) is 7.69. The monoisotopic (exact) mass is 324 g/mol. The molecule has 3 nitrogen and oxygen atoms in total. The van der Waals surface area contributed by atoms with Gasteiger partial charge in [0.05, 0.1) is 6.04 Å². The summed E-state index contributed by atoms with van der Waals surface area (Å²) in [6.45, 7) is 3.44. The highest BCUT2D eigenvalue weighted by Gasteiger charge is 2.27. The molecule has 0 amide bonds. The van der Waals surface area contributed by atoms with E-state index in [1.807, 2.05) is 31.2 Å². The van der Waals surface area contributed by atoms with Crippen LogP contribution in [0.3, 0.4) is 0 Å². The molecule has 5 heteroatoms. The Morgan fingerprint density at radius 2 is 1.94 bits per heavy atom. The number of thiocarbonyl (C=S) groups is 1. The van der Waals surface area contributed by atoms with Crippen molar-refractivity contribution in [3.63, 3.8) is 0 Å². The van der Waals surface area contributed by atoms with Crippen LogP contribution in [0.1, 0.15) is 25.5 Å². The number of hydrogen-bond donors (Lipinski definition) is 2. The summed E-state index contributed by atoms with van der Waals surface area (Å²) in [4.78, 5) is 11.8. The fourth-order valence-corrected chi connectivity index (χ4v) is 2.60. The highest BCUT2D eigenvalue weighted by Crippen LogP contribution is 2.27. The van der Waals surface area contributed by atoms with Crippen molar-refractivity contribution in [2.75, 3.05) is 0 Å². The third kappa shape index (κ3) is 2.62. The molecule has 0 spiro atoms. The van der Waals surface area contributed by atoms with Crippen LogP contribution in [0.15, 0.2) is 40.0 Å². The molecular formula is C13H13BrN2OS. The van der Waals surface area contributed by atoms with E-state index in [0.717, 1.165) is 21.3 Å². The molecular weight excluding hydrogens is 312 g/mol. The minimum Gasteiger partial charge on any atom is -0.351 e. The van der Waals surface area contributed by atoms with Crippen molar-refractivity contribution in [3.05, 3.63) is 45.6 Å². The first-order valence-electron chi connectivity index (χ1n) is 5.53. The van der Waals surface area contributed by atoms with Gasteiger partial charge in [0.25, 0.3) is 0 Å². The fourth-order valence-electron chi connectivity index (χ4n) is 2.07. The molecule has 1 atom stereocenters. The lowest BCUT2D eigenvalue weighted by atomic mass is 9.93. The average molecular weight is 325 g/mol. The summed E-state index contributed by atoms with van der Waals surface area (Å²) in [5.41, 5.74) is 2.57. The minimum atomic E-state index is -0.177. The molecule has 1 aromatic rings. The van der Waals surface area contributed by atoms with Gasteiger partial charge in [0.1, 0.15) is 0 Å². The molecule has 1 aliphatic heterocycles. The maximum atomic E-state index is 11.8. The summed E-state index contributed by atoms with van der Waals surface area (Å²) in [5.74, 6) is 0.0444. The van der Waals surface area contributed by atoms with E-state index in [-0.39, 0.29) is 11.8 Å². The SMILES string of the molecule is CC(=O)C1=C(C)NC(=S)N[C@H]1c1ccc(Br)cc1. The predicted molar refractivity (Wildman–Crippen MR) is 79.1 cm³/mol. The van der Waals surface area contributed by atoms with Gasteiger partial charge in [-0.3, -0.25) is 4.79 Å². The van der Waals surface area contributed by atoms with Crippen molar-refractivity contribution in [1.82, 2.24) is 10.6 Å². The highest BCUT2D eigenvalue weighted by molar-refractivity contribution is 9.10. The fraction of sp³-hybridized carbons (Fsp3) is 0.231. The Morgan fingerprint density at radius 3 is 2.50 bits per heavy atom. The van der Waals surface area contributed by atoms with Gasteiger partial charge in [0.15, 0.2) is 10.9 Å². The minimum absolute atomic E-state index is 0.0444. The number of hydrogen-bond acceptors (Lipinski definition) is 2. The molecule has 2 N–H and O–H groups in total. The van der Waals surface area contributed by atoms with Gasteiger partial charge in [-0.05, 0) is 43.8 Å². The van der Waals surface area contributed by atoms with Crippen LogP contribution in [-0.4, -0.2) is 10.9 Å². The summed E-state index contributed by atoms with van der Waals surface area (Å²) >= 11 is 8.55. The van der Waals surface area contributed by atoms with Gasteiger partial charge in [-0.2, -0.15) is 0 Å². The quantitative estimate of drug-likeness (QED) is 0.821. The molecule has 18 heavy (non-hydrogen) atoms. The van der Waals surface area contributed by atoms with Crippen LogP contribution in [0.2, 0.25) is 0 Å². The molecule has 94 valence electrons. The van der Waals surface area contributed by atoms with Crippen molar-refractivity contribution in [3.8, 4) is 0 Å². The number of Topliss-reactive ketones (excluding diaryl/α,β-unsaturated/α-hetero) is 1.